The molecule has 60 heavy (non-hydrogen) atoms. The van der Waals surface area contributed by atoms with E-state index in [2.05, 4.69) is 54.8 Å². The van der Waals surface area contributed by atoms with Gasteiger partial charge in [0.2, 0.25) is 0 Å². The lowest BCUT2D eigenvalue weighted by atomic mass is 10.0. The number of rotatable bonds is 44. The molecule has 0 aliphatic carbocycles. The molecule has 0 rings (SSSR count). The van der Waals surface area contributed by atoms with E-state index in [1.165, 1.54) is 83.5 Å². The Morgan fingerprint density at radius 3 is 1.47 bits per heavy atom. The molecule has 0 aromatic heterocycles. The summed E-state index contributed by atoms with van der Waals surface area (Å²) >= 11 is 0. The molecule has 4 N–H and O–H groups in total. The van der Waals surface area contributed by atoms with Crippen LogP contribution in [0.5, 0.6) is 0 Å². The molecule has 12 heteroatoms. The van der Waals surface area contributed by atoms with Gasteiger partial charge >= 0.3 is 19.8 Å². The number of aliphatic hydroxyl groups is 3. The number of esters is 2. The quantitative estimate of drug-likeness (QED) is 0.0199. The Hall–Kier alpha value is -2.11. The molecule has 0 aliphatic rings. The van der Waals surface area contributed by atoms with Crippen LogP contribution in [-0.4, -0.2) is 77.4 Å². The van der Waals surface area contributed by atoms with Crippen LogP contribution in [0, 0.1) is 5.92 Å². The number of allylic oxidation sites excluding steroid dienone is 8. The maximum atomic E-state index is 12.6. The summed E-state index contributed by atoms with van der Waals surface area (Å²) in [7, 11) is -4.64. The number of hydrogen-bond acceptors (Lipinski definition) is 10. The number of carbonyl (C=O) groups is 2. The minimum Gasteiger partial charge on any atom is -0.462 e. The van der Waals surface area contributed by atoms with Gasteiger partial charge in [0.15, 0.2) is 6.10 Å². The molecular weight excluding hydrogens is 783 g/mol. The smallest absolute Gasteiger partial charge is 0.462 e. The van der Waals surface area contributed by atoms with Gasteiger partial charge in [-0.2, -0.15) is 0 Å². The Morgan fingerprint density at radius 2 is 0.967 bits per heavy atom. The molecule has 0 spiro atoms. The van der Waals surface area contributed by atoms with E-state index in [1.54, 1.807) is 0 Å². The lowest BCUT2D eigenvalue weighted by Gasteiger charge is -2.20. The summed E-state index contributed by atoms with van der Waals surface area (Å²) in [4.78, 5) is 35.1. The predicted molar refractivity (Wildman–Crippen MR) is 243 cm³/mol. The van der Waals surface area contributed by atoms with E-state index in [1.807, 2.05) is 12.2 Å². The lowest BCUT2D eigenvalue weighted by Crippen LogP contribution is -2.29. The number of carbonyl (C=O) groups excluding carboxylic acids is 2. The second kappa shape index (κ2) is 43.5. The Bertz CT molecular complexity index is 1150. The van der Waals surface area contributed by atoms with Crippen molar-refractivity contribution in [1.29, 1.82) is 0 Å². The Morgan fingerprint density at radius 1 is 0.533 bits per heavy atom. The van der Waals surface area contributed by atoms with Crippen LogP contribution in [0.15, 0.2) is 48.6 Å². The van der Waals surface area contributed by atoms with Crippen molar-refractivity contribution in [3.63, 3.8) is 0 Å². The standard InChI is InChI=1S/C48H87O11P/c1-44(2)36-32-28-24-20-16-12-8-5-6-9-13-17-21-25-29-33-37-47(52)56-42-46(43-58-60(54,55)57-41-45(51)40-50)59-48(53)38-34-30-26-22-18-14-10-4-3-7-11-15-19-23-27-31-35-39-49/h3,7,10,14-15,19,22,26,44-46,49-51H,4-6,8-9,11-13,16-18,20-21,23-25,27-43H2,1-2H3,(H,54,55)/b7-3-,14-10-,19-15-,26-22-/t45-,46+/m0/s1. The summed E-state index contributed by atoms with van der Waals surface area (Å²) in [6, 6.07) is 0. The van der Waals surface area contributed by atoms with E-state index in [0.717, 1.165) is 70.1 Å². The fraction of sp³-hybridized carbons (Fsp3) is 0.792. The monoisotopic (exact) mass is 871 g/mol. The van der Waals surface area contributed by atoms with Gasteiger partial charge in [-0.25, -0.2) is 4.57 Å². The third-order valence-corrected chi connectivity index (χ3v) is 10.9. The van der Waals surface area contributed by atoms with Gasteiger partial charge in [-0.05, 0) is 63.7 Å². The van der Waals surface area contributed by atoms with Crippen LogP contribution >= 0.6 is 7.82 Å². The summed E-state index contributed by atoms with van der Waals surface area (Å²) in [6.07, 6.45) is 43.9. The summed E-state index contributed by atoms with van der Waals surface area (Å²) in [5, 5.41) is 27.2. The fourth-order valence-corrected chi connectivity index (χ4v) is 7.12. The maximum Gasteiger partial charge on any atom is 0.472 e. The van der Waals surface area contributed by atoms with Gasteiger partial charge in [0, 0.05) is 19.4 Å². The van der Waals surface area contributed by atoms with Crippen molar-refractivity contribution in [2.24, 2.45) is 5.92 Å². The normalized spacial score (nSPS) is 14.2. The van der Waals surface area contributed by atoms with Crippen molar-refractivity contribution >= 4 is 19.8 Å². The third-order valence-electron chi connectivity index (χ3n) is 9.97. The molecule has 0 saturated heterocycles. The van der Waals surface area contributed by atoms with E-state index in [-0.39, 0.29) is 26.1 Å². The zero-order chi connectivity index (χ0) is 44.2. The Labute approximate surface area is 365 Å². The van der Waals surface area contributed by atoms with E-state index < -0.39 is 51.8 Å². The molecule has 0 aliphatic heterocycles. The molecule has 0 heterocycles. The first kappa shape index (κ1) is 57.9. The lowest BCUT2D eigenvalue weighted by molar-refractivity contribution is -0.161. The van der Waals surface area contributed by atoms with Gasteiger partial charge in [-0.1, -0.05) is 172 Å². The summed E-state index contributed by atoms with van der Waals surface area (Å²) in [6.45, 7) is 2.68. The SMILES string of the molecule is CC(C)CCCCCCCCCCCCCCCCCCC(=O)OC[C@H](COP(=O)(O)OC[C@@H](O)CO)OC(=O)CCC/C=C\C/C=C\C/C=C\C/C=C\CCCCCO. The van der Waals surface area contributed by atoms with Crippen molar-refractivity contribution in [3.05, 3.63) is 48.6 Å². The van der Waals surface area contributed by atoms with Gasteiger partial charge < -0.3 is 29.7 Å². The molecule has 0 aromatic rings. The van der Waals surface area contributed by atoms with Gasteiger partial charge in [-0.15, -0.1) is 0 Å². The van der Waals surface area contributed by atoms with Gasteiger partial charge in [0.25, 0.3) is 0 Å². The zero-order valence-corrected chi connectivity index (χ0v) is 38.7. The van der Waals surface area contributed by atoms with E-state index in [9.17, 15) is 24.2 Å². The minimum atomic E-state index is -4.64. The average Bonchev–Trinajstić information content (AvgIpc) is 3.22. The van der Waals surface area contributed by atoms with Crippen LogP contribution in [-0.2, 0) is 32.7 Å². The maximum absolute atomic E-state index is 12.6. The summed E-state index contributed by atoms with van der Waals surface area (Å²) in [5.74, 6) is -0.170. The fourth-order valence-electron chi connectivity index (χ4n) is 6.33. The van der Waals surface area contributed by atoms with Crippen LogP contribution in [0.1, 0.15) is 194 Å². The van der Waals surface area contributed by atoms with Crippen molar-refractivity contribution in [2.45, 2.75) is 206 Å². The molecule has 350 valence electrons. The minimum absolute atomic E-state index is 0.0986. The number of phosphoric ester groups is 1. The van der Waals surface area contributed by atoms with Gasteiger partial charge in [0.1, 0.15) is 12.7 Å². The Kier molecular flexibility index (Phi) is 42.0. The predicted octanol–water partition coefficient (Wildman–Crippen LogP) is 11.7. The van der Waals surface area contributed by atoms with Crippen molar-refractivity contribution in [3.8, 4) is 0 Å². The highest BCUT2D eigenvalue weighted by Crippen LogP contribution is 2.43. The highest BCUT2D eigenvalue weighted by molar-refractivity contribution is 7.47. The first-order valence-electron chi connectivity index (χ1n) is 23.6. The van der Waals surface area contributed by atoms with E-state index in [0.29, 0.717) is 19.3 Å². The number of hydrogen-bond donors (Lipinski definition) is 4. The van der Waals surface area contributed by atoms with Gasteiger partial charge in [0.05, 0.1) is 19.8 Å². The van der Waals surface area contributed by atoms with Crippen molar-refractivity contribution in [1.82, 2.24) is 0 Å². The first-order valence-corrected chi connectivity index (χ1v) is 25.1. The number of aliphatic hydroxyl groups excluding tert-OH is 3. The molecule has 0 amide bonds. The number of phosphoric acid groups is 1. The van der Waals surface area contributed by atoms with Crippen LogP contribution < -0.4 is 0 Å². The first-order chi connectivity index (χ1) is 29.1. The molecule has 0 fully saturated rings. The molecular formula is C48H87O11P. The second-order valence-corrected chi connectivity index (χ2v) is 17.8. The molecule has 0 radical (unpaired) electrons. The van der Waals surface area contributed by atoms with Gasteiger partial charge in [-0.3, -0.25) is 18.6 Å². The van der Waals surface area contributed by atoms with Crippen molar-refractivity contribution < 1.29 is 52.9 Å². The summed E-state index contributed by atoms with van der Waals surface area (Å²) < 4.78 is 32.7. The highest BCUT2D eigenvalue weighted by atomic mass is 31.2. The molecule has 1 unspecified atom stereocenters. The molecule has 0 bridgehead atoms. The zero-order valence-electron chi connectivity index (χ0n) is 37.8. The van der Waals surface area contributed by atoms with Crippen LogP contribution in [0.2, 0.25) is 0 Å². The summed E-state index contributed by atoms with van der Waals surface area (Å²) in [5.41, 5.74) is 0. The van der Waals surface area contributed by atoms with Crippen LogP contribution in [0.4, 0.5) is 0 Å². The van der Waals surface area contributed by atoms with Crippen molar-refractivity contribution in [2.75, 3.05) is 33.0 Å². The molecule has 11 nitrogen and oxygen atoms in total. The molecule has 0 aromatic carbocycles. The Balaban J connectivity index is 4.30. The third kappa shape index (κ3) is 44.0. The van der Waals surface area contributed by atoms with E-state index in [4.69, 9.17) is 24.2 Å². The topological polar surface area (TPSA) is 169 Å². The largest absolute Gasteiger partial charge is 0.472 e. The average molecular weight is 871 g/mol. The number of unbranched alkanes of at least 4 members (excludes halogenated alkanes) is 19. The molecule has 3 atom stereocenters. The second-order valence-electron chi connectivity index (χ2n) is 16.3. The van der Waals surface area contributed by atoms with E-state index >= 15 is 0 Å². The molecule has 0 saturated carbocycles. The van der Waals surface area contributed by atoms with Crippen LogP contribution in [0.25, 0.3) is 0 Å². The number of ether oxygens (including phenoxy) is 2. The van der Waals surface area contributed by atoms with Crippen LogP contribution in [0.3, 0.4) is 0 Å². The highest BCUT2D eigenvalue weighted by Gasteiger charge is 2.27.